The summed E-state index contributed by atoms with van der Waals surface area (Å²) in [7, 11) is -4.00. The molecule has 0 N–H and O–H groups in total. The Kier molecular flexibility index (Phi) is 5.09. The van der Waals surface area contributed by atoms with E-state index in [4.69, 9.17) is 0 Å². The van der Waals surface area contributed by atoms with E-state index in [9.17, 15) is 26.4 Å². The van der Waals surface area contributed by atoms with Crippen molar-refractivity contribution in [3.63, 3.8) is 0 Å². The molecule has 5 nitrogen and oxygen atoms in total. The monoisotopic (exact) mass is 440 g/mol. The fourth-order valence-corrected chi connectivity index (χ4v) is 5.68. The summed E-state index contributed by atoms with van der Waals surface area (Å²) >= 11 is 1.18. The first kappa shape index (κ1) is 19.9. The Hall–Kier alpha value is -2.43. The number of nitrogens with zero attached hydrogens (tertiary/aromatic N) is 2. The van der Waals surface area contributed by atoms with Gasteiger partial charge in [0.1, 0.15) is 5.82 Å². The molecule has 10 heteroatoms. The molecule has 1 aromatic heterocycles. The third kappa shape index (κ3) is 3.63. The molecule has 1 saturated heterocycles. The van der Waals surface area contributed by atoms with Gasteiger partial charge >= 0.3 is 0 Å². The second-order valence-electron chi connectivity index (χ2n) is 6.53. The summed E-state index contributed by atoms with van der Waals surface area (Å²) < 4.78 is 67.4. The molecule has 0 bridgehead atoms. The van der Waals surface area contributed by atoms with Gasteiger partial charge in [0.2, 0.25) is 10.0 Å². The zero-order valence-corrected chi connectivity index (χ0v) is 16.6. The minimum absolute atomic E-state index is 0.0202. The Labute approximate surface area is 169 Å². The number of fused-ring (bicyclic) bond motifs is 1. The molecule has 1 aliphatic rings. The number of halogens is 3. The van der Waals surface area contributed by atoms with E-state index in [1.165, 1.54) is 28.4 Å². The molecule has 2 aromatic carbocycles. The average Bonchev–Trinajstić information content (AvgIpc) is 3.15. The van der Waals surface area contributed by atoms with Crippen LogP contribution in [0.5, 0.6) is 0 Å². The number of piperazine rings is 1. The summed E-state index contributed by atoms with van der Waals surface area (Å²) in [6, 6.07) is 8.55. The van der Waals surface area contributed by atoms with Crippen LogP contribution in [0.25, 0.3) is 10.1 Å². The van der Waals surface area contributed by atoms with Crippen LogP contribution in [0.1, 0.15) is 9.67 Å². The molecule has 0 aliphatic carbocycles. The SMILES string of the molecule is O=C(c1cc2c(F)cccc2s1)N1CCN(S(=O)(=O)c2ccc(F)c(F)c2)CC1. The van der Waals surface area contributed by atoms with Crippen LogP contribution < -0.4 is 0 Å². The Bertz CT molecular complexity index is 1200. The minimum atomic E-state index is -4.00. The van der Waals surface area contributed by atoms with E-state index < -0.39 is 27.5 Å². The second kappa shape index (κ2) is 7.43. The Balaban J connectivity index is 1.49. The maximum Gasteiger partial charge on any atom is 0.264 e. The molecule has 1 fully saturated rings. The Morgan fingerprint density at radius 2 is 1.62 bits per heavy atom. The summed E-state index contributed by atoms with van der Waals surface area (Å²) in [5, 5.41) is 0.375. The van der Waals surface area contributed by atoms with Gasteiger partial charge in [-0.25, -0.2) is 21.6 Å². The molecular formula is C19H15F3N2O3S2. The number of carbonyl (C=O) groups is 1. The lowest BCUT2D eigenvalue weighted by Gasteiger charge is -2.33. The smallest absolute Gasteiger partial charge is 0.264 e. The van der Waals surface area contributed by atoms with Crippen molar-refractivity contribution < 1.29 is 26.4 Å². The Morgan fingerprint density at radius 1 is 0.897 bits per heavy atom. The van der Waals surface area contributed by atoms with Crippen molar-refractivity contribution in [1.82, 2.24) is 9.21 Å². The maximum atomic E-state index is 13.9. The highest BCUT2D eigenvalue weighted by molar-refractivity contribution is 7.89. The highest BCUT2D eigenvalue weighted by Gasteiger charge is 2.31. The predicted octanol–water partition coefficient (Wildman–Crippen LogP) is 3.47. The first-order chi connectivity index (χ1) is 13.8. The van der Waals surface area contributed by atoms with Crippen LogP contribution in [-0.4, -0.2) is 49.7 Å². The van der Waals surface area contributed by atoms with Crippen LogP contribution in [-0.2, 0) is 10.0 Å². The van der Waals surface area contributed by atoms with Crippen LogP contribution in [0.15, 0.2) is 47.4 Å². The quantitative estimate of drug-likeness (QED) is 0.627. The summed E-state index contributed by atoms with van der Waals surface area (Å²) in [5.74, 6) is -3.06. The summed E-state index contributed by atoms with van der Waals surface area (Å²) in [5.41, 5.74) is 0. The van der Waals surface area contributed by atoms with E-state index in [1.807, 2.05) is 0 Å². The molecular weight excluding hydrogens is 425 g/mol. The van der Waals surface area contributed by atoms with E-state index in [2.05, 4.69) is 0 Å². The minimum Gasteiger partial charge on any atom is -0.335 e. The topological polar surface area (TPSA) is 57.7 Å². The number of thiophene rings is 1. The number of hydrogen-bond acceptors (Lipinski definition) is 4. The van der Waals surface area contributed by atoms with Gasteiger partial charge in [-0.3, -0.25) is 4.79 Å². The fourth-order valence-electron chi connectivity index (χ4n) is 3.20. The number of sulfonamides is 1. The average molecular weight is 440 g/mol. The lowest BCUT2D eigenvalue weighted by atomic mass is 10.2. The molecule has 1 aliphatic heterocycles. The van der Waals surface area contributed by atoms with Gasteiger partial charge in [-0.15, -0.1) is 11.3 Å². The molecule has 0 atom stereocenters. The predicted molar refractivity (Wildman–Crippen MR) is 103 cm³/mol. The number of benzene rings is 2. The van der Waals surface area contributed by atoms with Gasteiger partial charge in [-0.1, -0.05) is 6.07 Å². The van der Waals surface area contributed by atoms with Gasteiger partial charge in [0.15, 0.2) is 11.6 Å². The summed E-state index contributed by atoms with van der Waals surface area (Å²) in [6.07, 6.45) is 0. The van der Waals surface area contributed by atoms with Gasteiger partial charge in [0, 0.05) is 36.3 Å². The maximum absolute atomic E-state index is 13.9. The third-order valence-corrected chi connectivity index (χ3v) is 7.76. The highest BCUT2D eigenvalue weighted by atomic mass is 32.2. The van der Waals surface area contributed by atoms with Crippen molar-refractivity contribution in [1.29, 1.82) is 0 Å². The molecule has 0 unspecified atom stereocenters. The molecule has 2 heterocycles. The molecule has 29 heavy (non-hydrogen) atoms. The number of amides is 1. The summed E-state index contributed by atoms with van der Waals surface area (Å²) in [6.45, 7) is 0.315. The lowest BCUT2D eigenvalue weighted by Crippen LogP contribution is -2.50. The van der Waals surface area contributed by atoms with Gasteiger partial charge in [-0.05, 0) is 36.4 Å². The van der Waals surface area contributed by atoms with Crippen LogP contribution >= 0.6 is 11.3 Å². The van der Waals surface area contributed by atoms with Crippen LogP contribution in [0.4, 0.5) is 13.2 Å². The van der Waals surface area contributed by atoms with Gasteiger partial charge in [0.05, 0.1) is 9.77 Å². The fraction of sp³-hybridized carbons (Fsp3) is 0.211. The third-order valence-electron chi connectivity index (χ3n) is 4.77. The molecule has 3 aromatic rings. The van der Waals surface area contributed by atoms with Crippen molar-refractivity contribution in [3.8, 4) is 0 Å². The zero-order valence-electron chi connectivity index (χ0n) is 14.9. The molecule has 0 radical (unpaired) electrons. The normalized spacial score (nSPS) is 15.8. The Morgan fingerprint density at radius 3 is 2.28 bits per heavy atom. The lowest BCUT2D eigenvalue weighted by molar-refractivity contribution is 0.0703. The van der Waals surface area contributed by atoms with E-state index >= 15 is 0 Å². The highest BCUT2D eigenvalue weighted by Crippen LogP contribution is 2.29. The molecule has 0 saturated carbocycles. The molecule has 152 valence electrons. The molecule has 0 spiro atoms. The van der Waals surface area contributed by atoms with Crippen LogP contribution in [0.2, 0.25) is 0 Å². The van der Waals surface area contributed by atoms with Crippen molar-refractivity contribution in [2.24, 2.45) is 0 Å². The van der Waals surface area contributed by atoms with Gasteiger partial charge < -0.3 is 4.90 Å². The number of hydrogen-bond donors (Lipinski definition) is 0. The number of carbonyl (C=O) groups excluding carboxylic acids is 1. The van der Waals surface area contributed by atoms with Crippen molar-refractivity contribution in [3.05, 3.63) is 64.8 Å². The van der Waals surface area contributed by atoms with Crippen molar-refractivity contribution >= 4 is 37.4 Å². The molecule has 1 amide bonds. The van der Waals surface area contributed by atoms with Gasteiger partial charge in [-0.2, -0.15) is 4.31 Å². The van der Waals surface area contributed by atoms with E-state index in [0.29, 0.717) is 21.0 Å². The van der Waals surface area contributed by atoms with Gasteiger partial charge in [0.25, 0.3) is 5.91 Å². The van der Waals surface area contributed by atoms with E-state index in [-0.39, 0.29) is 37.0 Å². The van der Waals surface area contributed by atoms with E-state index in [1.54, 1.807) is 12.1 Å². The standard InChI is InChI=1S/C19H15F3N2O3S2/c20-14-2-1-3-17-13(14)11-18(28-17)19(25)23-6-8-24(9-7-23)29(26,27)12-4-5-15(21)16(22)10-12/h1-5,10-11H,6-9H2. The van der Waals surface area contributed by atoms with Crippen LogP contribution in [0, 0.1) is 17.5 Å². The second-order valence-corrected chi connectivity index (χ2v) is 9.56. The first-order valence-electron chi connectivity index (χ1n) is 8.70. The number of rotatable bonds is 3. The van der Waals surface area contributed by atoms with Crippen molar-refractivity contribution in [2.45, 2.75) is 4.90 Å². The van der Waals surface area contributed by atoms with E-state index in [0.717, 1.165) is 16.4 Å². The molecule has 4 rings (SSSR count). The summed E-state index contributed by atoms with van der Waals surface area (Å²) in [4.78, 5) is 14.3. The van der Waals surface area contributed by atoms with Crippen molar-refractivity contribution in [2.75, 3.05) is 26.2 Å². The zero-order chi connectivity index (χ0) is 20.8. The largest absolute Gasteiger partial charge is 0.335 e. The first-order valence-corrected chi connectivity index (χ1v) is 11.0. The van der Waals surface area contributed by atoms with Crippen LogP contribution in [0.3, 0.4) is 0 Å².